The molecule has 8 heteroatoms. The van der Waals surface area contributed by atoms with E-state index >= 15 is 0 Å². The third-order valence-electron chi connectivity index (χ3n) is 3.23. The average molecular weight is 352 g/mol. The highest BCUT2D eigenvalue weighted by Crippen LogP contribution is 2.20. The Morgan fingerprint density at radius 2 is 2.04 bits per heavy atom. The van der Waals surface area contributed by atoms with E-state index in [4.69, 9.17) is 9.84 Å². The predicted octanol–water partition coefficient (Wildman–Crippen LogP) is 2.76. The molecule has 2 aromatic rings. The van der Waals surface area contributed by atoms with E-state index in [1.54, 1.807) is 13.8 Å². The highest BCUT2D eigenvalue weighted by Gasteiger charge is 2.22. The van der Waals surface area contributed by atoms with E-state index in [0.717, 1.165) is 11.3 Å². The summed E-state index contributed by atoms with van der Waals surface area (Å²) in [6, 6.07) is 4.65. The van der Waals surface area contributed by atoms with Crippen molar-refractivity contribution in [2.45, 2.75) is 32.9 Å². The third-order valence-corrected chi connectivity index (χ3v) is 4.36. The average Bonchev–Trinajstić information content (AvgIpc) is 2.92. The molecule has 128 valence electrons. The predicted molar refractivity (Wildman–Crippen MR) is 86.8 cm³/mol. The quantitative estimate of drug-likeness (QED) is 0.800. The largest absolute Gasteiger partial charge is 0.486 e. The zero-order valence-corrected chi connectivity index (χ0v) is 14.0. The number of benzene rings is 1. The standard InChI is InChI=1S/C16H17FN2O4S/c1-3-12(16(21)22)19-15(20)14-9(2)18-13(24-14)8-23-11-6-4-10(17)5-7-11/h4-7,12H,3,8H2,1-2H3,(H,19,20)(H,21,22). The molecular weight excluding hydrogens is 335 g/mol. The van der Waals surface area contributed by atoms with E-state index in [1.807, 2.05) is 0 Å². The van der Waals surface area contributed by atoms with Gasteiger partial charge < -0.3 is 15.2 Å². The van der Waals surface area contributed by atoms with Crippen molar-refractivity contribution in [3.05, 3.63) is 45.7 Å². The van der Waals surface area contributed by atoms with Crippen molar-refractivity contribution in [2.24, 2.45) is 0 Å². The topological polar surface area (TPSA) is 88.5 Å². The molecule has 0 bridgehead atoms. The molecule has 0 aliphatic heterocycles. The number of aliphatic carboxylic acids is 1. The van der Waals surface area contributed by atoms with Gasteiger partial charge in [0.15, 0.2) is 0 Å². The molecule has 1 heterocycles. The molecule has 1 unspecified atom stereocenters. The van der Waals surface area contributed by atoms with Gasteiger partial charge >= 0.3 is 5.97 Å². The maximum absolute atomic E-state index is 12.8. The first kappa shape index (κ1) is 17.9. The van der Waals surface area contributed by atoms with Gasteiger partial charge in [0.2, 0.25) is 0 Å². The third kappa shape index (κ3) is 4.51. The summed E-state index contributed by atoms with van der Waals surface area (Å²) in [7, 11) is 0. The summed E-state index contributed by atoms with van der Waals surface area (Å²) >= 11 is 1.14. The van der Waals surface area contributed by atoms with Crippen LogP contribution in [0.4, 0.5) is 4.39 Å². The number of carbonyl (C=O) groups excluding carboxylic acids is 1. The lowest BCUT2D eigenvalue weighted by molar-refractivity contribution is -0.139. The fraction of sp³-hybridized carbons (Fsp3) is 0.312. The Kier molecular flexibility index (Phi) is 5.86. The van der Waals surface area contributed by atoms with Gasteiger partial charge in [0.1, 0.15) is 34.1 Å². The number of ether oxygens (including phenoxy) is 1. The Morgan fingerprint density at radius 3 is 2.62 bits per heavy atom. The first-order valence-electron chi connectivity index (χ1n) is 7.29. The Hall–Kier alpha value is -2.48. The molecule has 1 atom stereocenters. The van der Waals surface area contributed by atoms with Crippen LogP contribution in [-0.2, 0) is 11.4 Å². The number of thiazole rings is 1. The maximum atomic E-state index is 12.8. The zero-order valence-electron chi connectivity index (χ0n) is 13.2. The smallest absolute Gasteiger partial charge is 0.326 e. The highest BCUT2D eigenvalue weighted by molar-refractivity contribution is 7.13. The molecule has 0 saturated heterocycles. The molecule has 24 heavy (non-hydrogen) atoms. The Morgan fingerprint density at radius 1 is 1.38 bits per heavy atom. The van der Waals surface area contributed by atoms with Crippen molar-refractivity contribution >= 4 is 23.2 Å². The Bertz CT molecular complexity index is 730. The molecule has 2 N–H and O–H groups in total. The number of aryl methyl sites for hydroxylation is 1. The van der Waals surface area contributed by atoms with E-state index < -0.39 is 17.9 Å². The van der Waals surface area contributed by atoms with Crippen molar-refractivity contribution in [3.63, 3.8) is 0 Å². The first-order valence-corrected chi connectivity index (χ1v) is 8.10. The number of nitrogens with zero attached hydrogens (tertiary/aromatic N) is 1. The van der Waals surface area contributed by atoms with Gasteiger partial charge in [-0.25, -0.2) is 14.2 Å². The minimum absolute atomic E-state index is 0.139. The second-order valence-corrected chi connectivity index (χ2v) is 6.12. The number of hydrogen-bond donors (Lipinski definition) is 2. The Labute approximate surface area is 142 Å². The van der Waals surface area contributed by atoms with Crippen molar-refractivity contribution in [2.75, 3.05) is 0 Å². The van der Waals surface area contributed by atoms with Gasteiger partial charge in [-0.1, -0.05) is 6.92 Å². The summed E-state index contributed by atoms with van der Waals surface area (Å²) in [5.74, 6) is -1.40. The number of carbonyl (C=O) groups is 2. The molecule has 2 rings (SSSR count). The van der Waals surface area contributed by atoms with Gasteiger partial charge in [0, 0.05) is 0 Å². The van der Waals surface area contributed by atoms with Crippen LogP contribution in [0.3, 0.4) is 0 Å². The Balaban J connectivity index is 2.02. The molecule has 0 aliphatic rings. The van der Waals surface area contributed by atoms with Crippen LogP contribution in [0.5, 0.6) is 5.75 Å². The summed E-state index contributed by atoms with van der Waals surface area (Å²) in [4.78, 5) is 27.8. The number of carboxylic acids is 1. The van der Waals surface area contributed by atoms with Gasteiger partial charge in [0.05, 0.1) is 5.69 Å². The molecule has 0 aliphatic carbocycles. The van der Waals surface area contributed by atoms with Crippen LogP contribution in [0.15, 0.2) is 24.3 Å². The second kappa shape index (κ2) is 7.87. The first-order chi connectivity index (χ1) is 11.4. The summed E-state index contributed by atoms with van der Waals surface area (Å²) < 4.78 is 18.3. The van der Waals surface area contributed by atoms with Crippen molar-refractivity contribution < 1.29 is 23.8 Å². The zero-order chi connectivity index (χ0) is 17.7. The number of carboxylic acid groups (broad SMARTS) is 1. The SMILES string of the molecule is CCC(NC(=O)c1sc(COc2ccc(F)cc2)nc1C)C(=O)O. The molecule has 0 fully saturated rings. The fourth-order valence-corrected chi connectivity index (χ4v) is 2.84. The fourth-order valence-electron chi connectivity index (χ4n) is 1.96. The lowest BCUT2D eigenvalue weighted by Crippen LogP contribution is -2.40. The lowest BCUT2D eigenvalue weighted by atomic mass is 10.2. The maximum Gasteiger partial charge on any atom is 0.326 e. The molecule has 6 nitrogen and oxygen atoms in total. The van der Waals surface area contributed by atoms with Gasteiger partial charge in [-0.05, 0) is 37.6 Å². The highest BCUT2D eigenvalue weighted by atomic mass is 32.1. The van der Waals surface area contributed by atoms with Crippen LogP contribution >= 0.6 is 11.3 Å². The van der Waals surface area contributed by atoms with E-state index in [9.17, 15) is 14.0 Å². The molecule has 0 saturated carbocycles. The molecule has 1 aromatic heterocycles. The van der Waals surface area contributed by atoms with Gasteiger partial charge in [0.25, 0.3) is 5.91 Å². The minimum atomic E-state index is -1.08. The van der Waals surface area contributed by atoms with Crippen LogP contribution < -0.4 is 10.1 Å². The molecule has 0 spiro atoms. The monoisotopic (exact) mass is 352 g/mol. The number of nitrogens with one attached hydrogen (secondary N) is 1. The number of amides is 1. The lowest BCUT2D eigenvalue weighted by Gasteiger charge is -2.11. The summed E-state index contributed by atoms with van der Waals surface area (Å²) in [6.45, 7) is 3.50. The van der Waals surface area contributed by atoms with Crippen LogP contribution in [0, 0.1) is 12.7 Å². The summed E-state index contributed by atoms with van der Waals surface area (Å²) in [5.41, 5.74) is 0.510. The van der Waals surface area contributed by atoms with Crippen LogP contribution in [0.1, 0.15) is 33.7 Å². The molecular formula is C16H17FN2O4S. The van der Waals surface area contributed by atoms with Gasteiger partial charge in [-0.3, -0.25) is 4.79 Å². The van der Waals surface area contributed by atoms with E-state index in [2.05, 4.69) is 10.3 Å². The number of aromatic nitrogens is 1. The minimum Gasteiger partial charge on any atom is -0.486 e. The van der Waals surface area contributed by atoms with E-state index in [-0.39, 0.29) is 12.4 Å². The van der Waals surface area contributed by atoms with Crippen molar-refractivity contribution in [3.8, 4) is 5.75 Å². The van der Waals surface area contributed by atoms with Crippen molar-refractivity contribution in [1.82, 2.24) is 10.3 Å². The van der Waals surface area contributed by atoms with Gasteiger partial charge in [-0.2, -0.15) is 0 Å². The molecule has 0 radical (unpaired) electrons. The van der Waals surface area contributed by atoms with Crippen molar-refractivity contribution in [1.29, 1.82) is 0 Å². The summed E-state index contributed by atoms with van der Waals surface area (Å²) in [5, 5.41) is 12.0. The molecule has 1 aromatic carbocycles. The number of rotatable bonds is 7. The number of hydrogen-bond acceptors (Lipinski definition) is 5. The van der Waals surface area contributed by atoms with E-state index in [1.165, 1.54) is 24.3 Å². The van der Waals surface area contributed by atoms with Crippen LogP contribution in [-0.4, -0.2) is 28.0 Å². The van der Waals surface area contributed by atoms with Crippen LogP contribution in [0.2, 0.25) is 0 Å². The summed E-state index contributed by atoms with van der Waals surface area (Å²) in [6.07, 6.45) is 0.291. The number of halogens is 1. The van der Waals surface area contributed by atoms with Crippen LogP contribution in [0.25, 0.3) is 0 Å². The van der Waals surface area contributed by atoms with E-state index in [0.29, 0.717) is 27.7 Å². The molecule has 1 amide bonds. The normalized spacial score (nSPS) is 11.8. The second-order valence-electron chi connectivity index (χ2n) is 5.04. The van der Waals surface area contributed by atoms with Gasteiger partial charge in [-0.15, -0.1) is 11.3 Å².